The van der Waals surface area contributed by atoms with Crippen molar-refractivity contribution in [3.8, 4) is 0 Å². The highest BCUT2D eigenvalue weighted by Crippen LogP contribution is 2.27. The molecule has 0 saturated heterocycles. The zero-order valence-corrected chi connectivity index (χ0v) is 14.1. The standard InChI is InChI=1S/C24H22/c1-18(22-16-15-19-7-2-3-9-23(19)17-22)13-14-21-11-6-10-20-8-4-5-12-24(20)21/h2-12,15-18H,13-14H2,1H3. The van der Waals surface area contributed by atoms with Crippen molar-refractivity contribution in [2.45, 2.75) is 25.7 Å². The highest BCUT2D eigenvalue weighted by atomic mass is 14.1. The van der Waals surface area contributed by atoms with Crippen LogP contribution in [0.2, 0.25) is 0 Å². The molecular formula is C24H22. The van der Waals surface area contributed by atoms with E-state index >= 15 is 0 Å². The van der Waals surface area contributed by atoms with E-state index in [9.17, 15) is 0 Å². The normalized spacial score (nSPS) is 12.5. The average Bonchev–Trinajstić information content (AvgIpc) is 2.65. The third kappa shape index (κ3) is 2.92. The molecule has 0 bridgehead atoms. The molecule has 118 valence electrons. The maximum Gasteiger partial charge on any atom is -0.0152 e. The van der Waals surface area contributed by atoms with Gasteiger partial charge in [0.1, 0.15) is 0 Å². The van der Waals surface area contributed by atoms with E-state index in [-0.39, 0.29) is 0 Å². The van der Waals surface area contributed by atoms with Crippen LogP contribution < -0.4 is 0 Å². The molecule has 0 aliphatic heterocycles. The predicted octanol–water partition coefficient (Wildman–Crippen LogP) is 6.73. The van der Waals surface area contributed by atoms with Crippen LogP contribution in [0, 0.1) is 0 Å². The van der Waals surface area contributed by atoms with Crippen LogP contribution >= 0.6 is 0 Å². The van der Waals surface area contributed by atoms with Crippen LogP contribution in [0.25, 0.3) is 21.5 Å². The smallest absolute Gasteiger partial charge is 0.0152 e. The van der Waals surface area contributed by atoms with E-state index in [4.69, 9.17) is 0 Å². The number of hydrogen-bond acceptors (Lipinski definition) is 0. The molecule has 0 aromatic heterocycles. The first-order valence-electron chi connectivity index (χ1n) is 8.76. The molecule has 0 nitrogen and oxygen atoms in total. The molecule has 1 atom stereocenters. The SMILES string of the molecule is CC(CCc1cccc2ccccc12)c1ccc2ccccc2c1. The highest BCUT2D eigenvalue weighted by Gasteiger charge is 2.08. The van der Waals surface area contributed by atoms with E-state index in [0.717, 1.165) is 6.42 Å². The van der Waals surface area contributed by atoms with Gasteiger partial charge in [-0.15, -0.1) is 0 Å². The lowest BCUT2D eigenvalue weighted by Crippen LogP contribution is -1.97. The van der Waals surface area contributed by atoms with Crippen LogP contribution in [0.4, 0.5) is 0 Å². The first kappa shape index (κ1) is 15.0. The van der Waals surface area contributed by atoms with Gasteiger partial charge in [0.25, 0.3) is 0 Å². The van der Waals surface area contributed by atoms with Gasteiger partial charge in [0.15, 0.2) is 0 Å². The summed E-state index contributed by atoms with van der Waals surface area (Å²) >= 11 is 0. The van der Waals surface area contributed by atoms with E-state index in [1.54, 1.807) is 0 Å². The van der Waals surface area contributed by atoms with Crippen LogP contribution in [0.5, 0.6) is 0 Å². The van der Waals surface area contributed by atoms with Gasteiger partial charge in [-0.3, -0.25) is 0 Å². The summed E-state index contributed by atoms with van der Waals surface area (Å²) < 4.78 is 0. The maximum absolute atomic E-state index is 2.35. The van der Waals surface area contributed by atoms with Crippen molar-refractivity contribution in [2.75, 3.05) is 0 Å². The van der Waals surface area contributed by atoms with E-state index in [0.29, 0.717) is 5.92 Å². The zero-order valence-electron chi connectivity index (χ0n) is 14.1. The zero-order chi connectivity index (χ0) is 16.4. The van der Waals surface area contributed by atoms with Gasteiger partial charge in [0.2, 0.25) is 0 Å². The van der Waals surface area contributed by atoms with E-state index in [1.165, 1.54) is 39.1 Å². The Hall–Kier alpha value is -2.60. The number of aryl methyl sites for hydroxylation is 1. The molecule has 0 radical (unpaired) electrons. The van der Waals surface area contributed by atoms with Gasteiger partial charge in [-0.1, -0.05) is 91.9 Å². The molecule has 1 unspecified atom stereocenters. The minimum Gasteiger partial charge on any atom is -0.0616 e. The molecule has 0 heterocycles. The fraction of sp³-hybridized carbons (Fsp3) is 0.167. The molecule has 0 fully saturated rings. The topological polar surface area (TPSA) is 0 Å². The summed E-state index contributed by atoms with van der Waals surface area (Å²) in [5.41, 5.74) is 2.90. The second-order valence-electron chi connectivity index (χ2n) is 6.68. The van der Waals surface area contributed by atoms with Crippen LogP contribution in [0.1, 0.15) is 30.4 Å². The maximum atomic E-state index is 2.35. The predicted molar refractivity (Wildman–Crippen MR) is 105 cm³/mol. The van der Waals surface area contributed by atoms with Crippen molar-refractivity contribution in [2.24, 2.45) is 0 Å². The van der Waals surface area contributed by atoms with Gasteiger partial charge in [-0.05, 0) is 51.4 Å². The summed E-state index contributed by atoms with van der Waals surface area (Å²) in [5.74, 6) is 0.563. The minimum atomic E-state index is 0.563. The lowest BCUT2D eigenvalue weighted by Gasteiger charge is -2.14. The summed E-state index contributed by atoms with van der Waals surface area (Å²) in [5, 5.41) is 5.40. The summed E-state index contributed by atoms with van der Waals surface area (Å²) in [6.45, 7) is 2.34. The molecular weight excluding hydrogens is 288 g/mol. The van der Waals surface area contributed by atoms with Crippen LogP contribution in [-0.4, -0.2) is 0 Å². The fourth-order valence-electron chi connectivity index (χ4n) is 3.56. The summed E-state index contributed by atoms with van der Waals surface area (Å²) in [4.78, 5) is 0. The number of benzene rings is 4. The fourth-order valence-corrected chi connectivity index (χ4v) is 3.56. The summed E-state index contributed by atoms with van der Waals surface area (Å²) in [7, 11) is 0. The second-order valence-corrected chi connectivity index (χ2v) is 6.68. The molecule has 0 N–H and O–H groups in total. The molecule has 4 rings (SSSR count). The third-order valence-corrected chi connectivity index (χ3v) is 5.07. The van der Waals surface area contributed by atoms with E-state index in [2.05, 4.69) is 91.9 Å². The molecule has 0 spiro atoms. The Morgan fingerprint density at radius 3 is 2.25 bits per heavy atom. The van der Waals surface area contributed by atoms with Gasteiger partial charge in [-0.2, -0.15) is 0 Å². The van der Waals surface area contributed by atoms with Gasteiger partial charge in [0.05, 0.1) is 0 Å². The molecule has 24 heavy (non-hydrogen) atoms. The molecule has 0 heteroatoms. The molecule has 0 saturated carbocycles. The van der Waals surface area contributed by atoms with Gasteiger partial charge in [0, 0.05) is 0 Å². The highest BCUT2D eigenvalue weighted by molar-refractivity contribution is 5.85. The Labute approximate surface area is 143 Å². The quantitative estimate of drug-likeness (QED) is 0.392. The monoisotopic (exact) mass is 310 g/mol. The van der Waals surface area contributed by atoms with Crippen molar-refractivity contribution in [1.29, 1.82) is 0 Å². The van der Waals surface area contributed by atoms with E-state index < -0.39 is 0 Å². The minimum absolute atomic E-state index is 0.563. The van der Waals surface area contributed by atoms with Crippen LogP contribution in [0.15, 0.2) is 84.9 Å². The molecule has 4 aromatic rings. The molecule has 4 aromatic carbocycles. The Morgan fingerprint density at radius 2 is 1.38 bits per heavy atom. The van der Waals surface area contributed by atoms with Crippen molar-refractivity contribution >= 4 is 21.5 Å². The summed E-state index contributed by atoms with van der Waals surface area (Å²) in [6.07, 6.45) is 2.29. The van der Waals surface area contributed by atoms with Crippen LogP contribution in [-0.2, 0) is 6.42 Å². The number of fused-ring (bicyclic) bond motifs is 2. The number of rotatable bonds is 4. The van der Waals surface area contributed by atoms with Crippen molar-refractivity contribution in [1.82, 2.24) is 0 Å². The van der Waals surface area contributed by atoms with Gasteiger partial charge < -0.3 is 0 Å². The number of hydrogen-bond donors (Lipinski definition) is 0. The Bertz CT molecular complexity index is 976. The van der Waals surface area contributed by atoms with Gasteiger partial charge in [-0.25, -0.2) is 0 Å². The van der Waals surface area contributed by atoms with Crippen LogP contribution in [0.3, 0.4) is 0 Å². The van der Waals surface area contributed by atoms with Gasteiger partial charge >= 0.3 is 0 Å². The third-order valence-electron chi connectivity index (χ3n) is 5.07. The van der Waals surface area contributed by atoms with E-state index in [1.807, 2.05) is 0 Å². The molecule has 0 aliphatic carbocycles. The average molecular weight is 310 g/mol. The van der Waals surface area contributed by atoms with Crippen molar-refractivity contribution < 1.29 is 0 Å². The molecule has 0 aliphatic rings. The second kappa shape index (κ2) is 6.49. The lowest BCUT2D eigenvalue weighted by atomic mass is 9.91. The largest absolute Gasteiger partial charge is 0.0616 e. The Kier molecular flexibility index (Phi) is 4.04. The summed E-state index contributed by atoms with van der Waals surface area (Å²) in [6, 6.07) is 30.8. The van der Waals surface area contributed by atoms with Crippen molar-refractivity contribution in [3.05, 3.63) is 96.1 Å². The Balaban J connectivity index is 1.55. The first-order valence-corrected chi connectivity index (χ1v) is 8.76. The molecule has 0 amide bonds. The van der Waals surface area contributed by atoms with Crippen molar-refractivity contribution in [3.63, 3.8) is 0 Å². The first-order chi connectivity index (χ1) is 11.8. The lowest BCUT2D eigenvalue weighted by molar-refractivity contribution is 0.682. The Morgan fingerprint density at radius 1 is 0.667 bits per heavy atom.